The smallest absolute Gasteiger partial charge is 0.0922 e. The van der Waals surface area contributed by atoms with Crippen molar-refractivity contribution < 1.29 is 0 Å². The molecule has 0 N–H and O–H groups in total. The van der Waals surface area contributed by atoms with E-state index in [2.05, 4.69) is 67.8 Å². The summed E-state index contributed by atoms with van der Waals surface area (Å²) in [6, 6.07) is 11.0. The lowest BCUT2D eigenvalue weighted by atomic mass is 10.4. The Kier molecular flexibility index (Phi) is 7.24. The summed E-state index contributed by atoms with van der Waals surface area (Å²) in [5, 5.41) is 1.57. The number of hydrogen-bond donors (Lipinski definition) is 0. The van der Waals surface area contributed by atoms with Gasteiger partial charge in [-0.25, -0.2) is 0 Å². The van der Waals surface area contributed by atoms with E-state index in [0.29, 0.717) is 5.79 Å². The van der Waals surface area contributed by atoms with Gasteiger partial charge in [-0.2, -0.15) is 0 Å². The van der Waals surface area contributed by atoms with Crippen LogP contribution in [0.25, 0.3) is 0 Å². The van der Waals surface area contributed by atoms with Crippen LogP contribution in [0.15, 0.2) is 30.3 Å². The van der Waals surface area contributed by atoms with Crippen LogP contribution in [0.5, 0.6) is 0 Å². The number of benzene rings is 1. The zero-order valence-corrected chi connectivity index (χ0v) is 13.8. The molecule has 0 aromatic heterocycles. The molecule has 0 fully saturated rings. The van der Waals surface area contributed by atoms with E-state index in [-0.39, 0.29) is 9.52 Å². The van der Waals surface area contributed by atoms with Crippen LogP contribution < -0.4 is 5.19 Å². The summed E-state index contributed by atoms with van der Waals surface area (Å²) in [7, 11) is -0.284. The Morgan fingerprint density at radius 1 is 0.833 bits per heavy atom. The zero-order valence-electron chi connectivity index (χ0n) is 12.4. The molecule has 0 aliphatic carbocycles. The van der Waals surface area contributed by atoms with E-state index in [1.54, 1.807) is 5.19 Å². The average Bonchev–Trinajstić information content (AvgIpc) is 2.42. The van der Waals surface area contributed by atoms with Crippen molar-refractivity contribution in [3.8, 4) is 0 Å². The number of nitrogens with zero attached hydrogens (tertiary/aromatic N) is 2. The van der Waals surface area contributed by atoms with E-state index >= 15 is 0 Å². The fourth-order valence-electron chi connectivity index (χ4n) is 2.60. The molecule has 0 heterocycles. The number of rotatable bonds is 8. The lowest BCUT2D eigenvalue weighted by Crippen LogP contribution is -2.54. The Balaban J connectivity index is 2.83. The molecule has 0 unspecified atom stereocenters. The van der Waals surface area contributed by atoms with Crippen molar-refractivity contribution in [1.29, 1.82) is 0 Å². The van der Waals surface area contributed by atoms with Crippen molar-refractivity contribution in [2.24, 2.45) is 0 Å². The molecule has 0 aliphatic heterocycles. The minimum absolute atomic E-state index is 0.284. The van der Waals surface area contributed by atoms with Crippen LogP contribution in [0.3, 0.4) is 0 Å². The summed E-state index contributed by atoms with van der Waals surface area (Å²) in [6.07, 6.45) is 0. The van der Waals surface area contributed by atoms with Crippen molar-refractivity contribution in [2.75, 3.05) is 26.2 Å². The second-order valence-electron chi connectivity index (χ2n) is 4.61. The van der Waals surface area contributed by atoms with Crippen LogP contribution >= 0.6 is 0 Å². The van der Waals surface area contributed by atoms with Crippen molar-refractivity contribution >= 4 is 14.7 Å². The van der Waals surface area contributed by atoms with Crippen molar-refractivity contribution in [3.63, 3.8) is 0 Å². The molecule has 3 heteroatoms. The van der Waals surface area contributed by atoms with E-state index in [1.807, 2.05) is 0 Å². The van der Waals surface area contributed by atoms with Gasteiger partial charge in [0, 0.05) is 5.79 Å². The maximum atomic E-state index is 2.62. The van der Waals surface area contributed by atoms with Gasteiger partial charge in [0.25, 0.3) is 0 Å². The Labute approximate surface area is 115 Å². The molecule has 0 atom stereocenters. The zero-order chi connectivity index (χ0) is 13.4. The van der Waals surface area contributed by atoms with Gasteiger partial charge in [0.05, 0.1) is 9.52 Å². The average molecular weight is 264 g/mol. The summed E-state index contributed by atoms with van der Waals surface area (Å²) in [6.45, 7) is 13.7. The Morgan fingerprint density at radius 2 is 1.28 bits per heavy atom. The molecule has 0 saturated heterocycles. The highest BCUT2D eigenvalue weighted by atomic mass is 28.2. The summed E-state index contributed by atoms with van der Waals surface area (Å²) in [5.74, 6) is 0.664. The molecule has 1 rings (SSSR count). The van der Waals surface area contributed by atoms with Crippen molar-refractivity contribution in [3.05, 3.63) is 30.3 Å². The van der Waals surface area contributed by atoms with E-state index < -0.39 is 0 Å². The molecule has 0 aliphatic rings. The van der Waals surface area contributed by atoms with Crippen LogP contribution in [-0.4, -0.2) is 51.3 Å². The maximum absolute atomic E-state index is 2.62. The minimum atomic E-state index is -0.284. The third kappa shape index (κ3) is 4.23. The molecular formula is C15H28N2Si. The fraction of sp³-hybridized carbons (Fsp3) is 0.600. The van der Waals surface area contributed by atoms with Gasteiger partial charge in [-0.3, -0.25) is 9.80 Å². The van der Waals surface area contributed by atoms with Crippen LogP contribution in [-0.2, 0) is 0 Å². The molecule has 1 aromatic carbocycles. The molecule has 102 valence electrons. The van der Waals surface area contributed by atoms with Crippen LogP contribution in [0.1, 0.15) is 27.7 Å². The van der Waals surface area contributed by atoms with Gasteiger partial charge in [0.2, 0.25) is 0 Å². The molecule has 0 radical (unpaired) electrons. The Hall–Kier alpha value is -0.643. The predicted octanol–water partition coefficient (Wildman–Crippen LogP) is 1.45. The van der Waals surface area contributed by atoms with Gasteiger partial charge < -0.3 is 0 Å². The van der Waals surface area contributed by atoms with Crippen LogP contribution in [0.2, 0.25) is 0 Å². The minimum Gasteiger partial charge on any atom is -0.291 e. The van der Waals surface area contributed by atoms with E-state index in [4.69, 9.17) is 0 Å². The van der Waals surface area contributed by atoms with E-state index in [1.165, 1.54) is 0 Å². The van der Waals surface area contributed by atoms with Gasteiger partial charge in [-0.1, -0.05) is 63.2 Å². The highest BCUT2D eigenvalue weighted by Gasteiger charge is 2.21. The van der Waals surface area contributed by atoms with E-state index in [0.717, 1.165) is 26.2 Å². The molecular weight excluding hydrogens is 236 g/mol. The quantitative estimate of drug-likeness (QED) is 0.518. The molecule has 0 saturated carbocycles. The molecule has 1 aromatic rings. The van der Waals surface area contributed by atoms with Gasteiger partial charge in [0.1, 0.15) is 0 Å². The van der Waals surface area contributed by atoms with E-state index in [9.17, 15) is 0 Å². The van der Waals surface area contributed by atoms with Gasteiger partial charge in [-0.15, -0.1) is 0 Å². The summed E-state index contributed by atoms with van der Waals surface area (Å²) in [5.41, 5.74) is 0. The Morgan fingerprint density at radius 3 is 1.67 bits per heavy atom. The molecule has 0 bridgehead atoms. The van der Waals surface area contributed by atoms with Crippen molar-refractivity contribution in [2.45, 2.75) is 33.5 Å². The molecule has 2 nitrogen and oxygen atoms in total. The summed E-state index contributed by atoms with van der Waals surface area (Å²) >= 11 is 0. The lowest BCUT2D eigenvalue weighted by molar-refractivity contribution is 0.116. The predicted molar refractivity (Wildman–Crippen MR) is 84.3 cm³/mol. The SMILES string of the molecule is CCN(CC)C([SiH2]c1ccccc1)N(CC)CC. The molecule has 0 spiro atoms. The Bertz CT molecular complexity index is 296. The highest BCUT2D eigenvalue weighted by Crippen LogP contribution is 2.05. The summed E-state index contributed by atoms with van der Waals surface area (Å²) < 4.78 is 0. The highest BCUT2D eigenvalue weighted by molar-refractivity contribution is 6.54. The summed E-state index contributed by atoms with van der Waals surface area (Å²) in [4.78, 5) is 5.23. The van der Waals surface area contributed by atoms with Gasteiger partial charge >= 0.3 is 0 Å². The first-order chi connectivity index (χ1) is 8.76. The monoisotopic (exact) mass is 264 g/mol. The fourth-order valence-corrected chi connectivity index (χ4v) is 5.12. The lowest BCUT2D eigenvalue weighted by Gasteiger charge is -2.38. The standard InChI is InChI=1S/C15H28N2Si/c1-5-16(6-2)15(17(7-3)8-4)18-14-12-10-9-11-13-14/h9-13,15H,5-8,18H2,1-4H3. The van der Waals surface area contributed by atoms with Crippen LogP contribution in [0, 0.1) is 0 Å². The third-order valence-electron chi connectivity index (χ3n) is 3.73. The second kappa shape index (κ2) is 8.46. The first-order valence-corrected chi connectivity index (χ1v) is 8.81. The third-order valence-corrected chi connectivity index (χ3v) is 6.07. The number of hydrogen-bond acceptors (Lipinski definition) is 2. The topological polar surface area (TPSA) is 6.48 Å². The first-order valence-electron chi connectivity index (χ1n) is 7.28. The first kappa shape index (κ1) is 15.4. The maximum Gasteiger partial charge on any atom is 0.0922 e. The largest absolute Gasteiger partial charge is 0.291 e. The molecule has 18 heavy (non-hydrogen) atoms. The second-order valence-corrected chi connectivity index (χ2v) is 6.57. The normalized spacial score (nSPS) is 12.4. The molecule has 0 amide bonds. The van der Waals surface area contributed by atoms with Gasteiger partial charge in [0.15, 0.2) is 0 Å². The van der Waals surface area contributed by atoms with Crippen molar-refractivity contribution in [1.82, 2.24) is 9.80 Å². The van der Waals surface area contributed by atoms with Crippen LogP contribution in [0.4, 0.5) is 0 Å². The van der Waals surface area contributed by atoms with Gasteiger partial charge in [-0.05, 0) is 26.2 Å².